The van der Waals surface area contributed by atoms with Crippen LogP contribution in [0.3, 0.4) is 0 Å². The van der Waals surface area contributed by atoms with Crippen molar-refractivity contribution in [3.05, 3.63) is 13.8 Å². The molecule has 0 amide bonds. The highest BCUT2D eigenvalue weighted by molar-refractivity contribution is 4.60. The molecule has 0 heterocycles. The molecule has 0 rings (SSSR count). The molecule has 0 nitrogen and oxygen atoms in total. The van der Waals surface area contributed by atoms with Gasteiger partial charge in [-0.15, -0.1) is 0 Å². The maximum atomic E-state index is 3.84. The van der Waals surface area contributed by atoms with Crippen LogP contribution < -0.4 is 0 Å². The average Bonchev–Trinajstić information content (AvgIpc) is 1.83. The number of hydrogen-bond acceptors (Lipinski definition) is 0. The van der Waals surface area contributed by atoms with Gasteiger partial charge in [-0.3, -0.25) is 0 Å². The fraction of sp³-hybridized carbons (Fsp3) is 0.750. The molecule has 48 valence electrons. The predicted octanol–water partition coefficient (Wildman–Crippen LogP) is 2.85. The lowest BCUT2D eigenvalue weighted by atomic mass is 9.98. The second-order valence-corrected chi connectivity index (χ2v) is 2.23. The lowest BCUT2D eigenvalue weighted by Gasteiger charge is -2.08. The van der Waals surface area contributed by atoms with Crippen molar-refractivity contribution in [2.75, 3.05) is 0 Å². The van der Waals surface area contributed by atoms with Crippen LogP contribution in [0.4, 0.5) is 0 Å². The summed E-state index contributed by atoms with van der Waals surface area (Å²) in [6, 6.07) is 0. The van der Waals surface area contributed by atoms with E-state index in [-0.39, 0.29) is 0 Å². The lowest BCUT2D eigenvalue weighted by molar-refractivity contribution is 0.488. The van der Waals surface area contributed by atoms with E-state index in [4.69, 9.17) is 0 Å². The fourth-order valence-corrected chi connectivity index (χ4v) is 0.841. The van der Waals surface area contributed by atoms with Gasteiger partial charge in [0.1, 0.15) is 0 Å². The van der Waals surface area contributed by atoms with Crippen molar-refractivity contribution in [1.82, 2.24) is 0 Å². The molecule has 0 fully saturated rings. The quantitative estimate of drug-likeness (QED) is 0.524. The molecule has 0 saturated carbocycles. The van der Waals surface area contributed by atoms with E-state index in [1.165, 1.54) is 12.8 Å². The molecule has 0 unspecified atom stereocenters. The van der Waals surface area contributed by atoms with Crippen LogP contribution in [0.1, 0.15) is 32.6 Å². The molecule has 0 aromatic rings. The zero-order chi connectivity index (χ0) is 6.41. The Bertz CT molecular complexity index is 35.3. The minimum Gasteiger partial charge on any atom is -0.0654 e. The molecular formula is C8H16. The number of hydrogen-bond donors (Lipinski definition) is 0. The smallest absolute Gasteiger partial charge is 0.0414 e. The van der Waals surface area contributed by atoms with E-state index in [9.17, 15) is 0 Å². The molecule has 0 spiro atoms. The van der Waals surface area contributed by atoms with Crippen molar-refractivity contribution in [1.29, 1.82) is 0 Å². The predicted molar refractivity (Wildman–Crippen MR) is 38.3 cm³/mol. The Morgan fingerprint density at radius 2 is 1.75 bits per heavy atom. The summed E-state index contributed by atoms with van der Waals surface area (Å²) >= 11 is 0. The Kier molecular flexibility index (Phi) is 5.14. The van der Waals surface area contributed by atoms with Gasteiger partial charge >= 0.3 is 0 Å². The standard InChI is InChI=1S/C8H16/c1-4-7-8(5-2)6-3/h8H,2-7H2,1H3. The van der Waals surface area contributed by atoms with Crippen LogP contribution in [0, 0.1) is 19.8 Å². The van der Waals surface area contributed by atoms with E-state index in [2.05, 4.69) is 20.8 Å². The van der Waals surface area contributed by atoms with Crippen LogP contribution >= 0.6 is 0 Å². The Balaban J connectivity index is 3.07. The third kappa shape index (κ3) is 3.06. The van der Waals surface area contributed by atoms with Gasteiger partial charge in [-0.1, -0.05) is 46.5 Å². The Hall–Kier alpha value is 0. The molecule has 2 radical (unpaired) electrons. The Morgan fingerprint density at radius 3 is 1.88 bits per heavy atom. The normalized spacial score (nSPS) is 10.5. The van der Waals surface area contributed by atoms with E-state index in [0.29, 0.717) is 0 Å². The molecule has 0 heteroatoms. The molecule has 0 atom stereocenters. The van der Waals surface area contributed by atoms with Gasteiger partial charge in [0.05, 0.1) is 0 Å². The minimum absolute atomic E-state index is 0.778. The molecule has 0 aliphatic rings. The zero-order valence-electron chi connectivity index (χ0n) is 5.82. The highest BCUT2D eigenvalue weighted by Crippen LogP contribution is 2.12. The summed E-state index contributed by atoms with van der Waals surface area (Å²) in [6.45, 7) is 9.88. The first-order chi connectivity index (χ1) is 3.85. The Labute approximate surface area is 53.3 Å². The van der Waals surface area contributed by atoms with Gasteiger partial charge in [-0.05, 0) is 5.92 Å². The minimum atomic E-state index is 0.778. The van der Waals surface area contributed by atoms with E-state index >= 15 is 0 Å². The molecule has 0 aliphatic carbocycles. The highest BCUT2D eigenvalue weighted by Gasteiger charge is 1.98. The first-order valence-corrected chi connectivity index (χ1v) is 3.43. The monoisotopic (exact) mass is 112 g/mol. The van der Waals surface area contributed by atoms with Crippen LogP contribution in [-0.4, -0.2) is 0 Å². The molecule has 0 bridgehead atoms. The summed E-state index contributed by atoms with van der Waals surface area (Å²) in [7, 11) is 0. The van der Waals surface area contributed by atoms with Crippen LogP contribution in [0.2, 0.25) is 0 Å². The third-order valence-corrected chi connectivity index (χ3v) is 1.51. The molecule has 0 aromatic heterocycles. The summed E-state index contributed by atoms with van der Waals surface area (Å²) in [4.78, 5) is 0. The van der Waals surface area contributed by atoms with Gasteiger partial charge < -0.3 is 0 Å². The Morgan fingerprint density at radius 1 is 1.25 bits per heavy atom. The molecular weight excluding hydrogens is 96.1 g/mol. The highest BCUT2D eigenvalue weighted by atomic mass is 14.0. The van der Waals surface area contributed by atoms with Gasteiger partial charge in [-0.25, -0.2) is 0 Å². The summed E-state index contributed by atoms with van der Waals surface area (Å²) in [5, 5.41) is 0. The van der Waals surface area contributed by atoms with Crippen molar-refractivity contribution < 1.29 is 0 Å². The van der Waals surface area contributed by atoms with E-state index in [1.54, 1.807) is 0 Å². The lowest BCUT2D eigenvalue weighted by Crippen LogP contribution is -1.94. The first kappa shape index (κ1) is 8.00. The summed E-state index contributed by atoms with van der Waals surface area (Å²) in [5.41, 5.74) is 0. The van der Waals surface area contributed by atoms with E-state index in [0.717, 1.165) is 18.8 Å². The van der Waals surface area contributed by atoms with Gasteiger partial charge in [0.25, 0.3) is 0 Å². The van der Waals surface area contributed by atoms with Crippen LogP contribution in [0.25, 0.3) is 0 Å². The van der Waals surface area contributed by atoms with Gasteiger partial charge in [0, 0.05) is 0 Å². The average molecular weight is 112 g/mol. The molecule has 0 aliphatic heterocycles. The van der Waals surface area contributed by atoms with Crippen LogP contribution in [0.15, 0.2) is 0 Å². The van der Waals surface area contributed by atoms with Gasteiger partial charge in [-0.2, -0.15) is 0 Å². The molecule has 0 N–H and O–H groups in total. The maximum Gasteiger partial charge on any atom is -0.0414 e. The van der Waals surface area contributed by atoms with Crippen molar-refractivity contribution >= 4 is 0 Å². The largest absolute Gasteiger partial charge is 0.0654 e. The number of rotatable bonds is 4. The summed E-state index contributed by atoms with van der Waals surface area (Å²) in [6.07, 6.45) is 4.68. The van der Waals surface area contributed by atoms with Crippen molar-refractivity contribution in [3.63, 3.8) is 0 Å². The molecule has 0 saturated heterocycles. The maximum absolute atomic E-state index is 3.84. The zero-order valence-corrected chi connectivity index (χ0v) is 5.82. The van der Waals surface area contributed by atoms with Crippen molar-refractivity contribution in [3.8, 4) is 0 Å². The van der Waals surface area contributed by atoms with Gasteiger partial charge in [0.2, 0.25) is 0 Å². The van der Waals surface area contributed by atoms with Crippen LogP contribution in [-0.2, 0) is 0 Å². The molecule has 0 aromatic carbocycles. The second kappa shape index (κ2) is 5.14. The second-order valence-electron chi connectivity index (χ2n) is 2.23. The SMILES string of the molecule is [CH2]CC(C[CH2])CCC. The van der Waals surface area contributed by atoms with Gasteiger partial charge in [0.15, 0.2) is 0 Å². The topological polar surface area (TPSA) is 0 Å². The van der Waals surface area contributed by atoms with Crippen molar-refractivity contribution in [2.45, 2.75) is 32.6 Å². The summed E-state index contributed by atoms with van der Waals surface area (Å²) in [5.74, 6) is 0.778. The molecule has 8 heavy (non-hydrogen) atoms. The first-order valence-electron chi connectivity index (χ1n) is 3.43. The summed E-state index contributed by atoms with van der Waals surface area (Å²) < 4.78 is 0. The fourth-order valence-electron chi connectivity index (χ4n) is 0.841. The van der Waals surface area contributed by atoms with E-state index in [1.807, 2.05) is 0 Å². The third-order valence-electron chi connectivity index (χ3n) is 1.51. The van der Waals surface area contributed by atoms with E-state index < -0.39 is 0 Å². The van der Waals surface area contributed by atoms with Crippen molar-refractivity contribution in [2.24, 2.45) is 5.92 Å². The van der Waals surface area contributed by atoms with Crippen LogP contribution in [0.5, 0.6) is 0 Å².